The summed E-state index contributed by atoms with van der Waals surface area (Å²) in [4.78, 5) is 4.49. The maximum Gasteiger partial charge on any atom is 0.131 e. The number of nitrogens with zero attached hydrogens (tertiary/aromatic N) is 1. The maximum atomic E-state index is 9.17. The molecule has 0 radical (unpaired) electrons. The second-order valence-electron chi connectivity index (χ2n) is 4.59. The smallest absolute Gasteiger partial charge is 0.131 e. The molecular formula is C15H19NO2S. The zero-order valence-corrected chi connectivity index (χ0v) is 12.4. The van der Waals surface area contributed by atoms with Crippen LogP contribution in [0.15, 0.2) is 17.5 Å². The normalized spacial score (nSPS) is 10.7. The van der Waals surface area contributed by atoms with Crippen LogP contribution in [0, 0.1) is 13.8 Å². The average Bonchev–Trinajstić information content (AvgIpc) is 2.85. The lowest BCUT2D eigenvalue weighted by molar-refractivity contribution is 0.279. The molecule has 3 nitrogen and oxygen atoms in total. The minimum Gasteiger partial charge on any atom is -0.487 e. The largest absolute Gasteiger partial charge is 0.487 e. The number of ether oxygens (including phenoxy) is 1. The Morgan fingerprint density at radius 2 is 1.95 bits per heavy atom. The third-order valence-corrected chi connectivity index (χ3v) is 4.01. The highest BCUT2D eigenvalue weighted by Crippen LogP contribution is 2.26. The van der Waals surface area contributed by atoms with Crippen LogP contribution in [0.25, 0.3) is 0 Å². The van der Waals surface area contributed by atoms with Crippen molar-refractivity contribution in [2.24, 2.45) is 0 Å². The fraction of sp³-hybridized carbons (Fsp3) is 0.400. The van der Waals surface area contributed by atoms with E-state index >= 15 is 0 Å². The van der Waals surface area contributed by atoms with Gasteiger partial charge in [-0.2, -0.15) is 0 Å². The summed E-state index contributed by atoms with van der Waals surface area (Å²) in [6.45, 7) is 6.66. The number of hydrogen-bond acceptors (Lipinski definition) is 4. The Bertz CT molecular complexity index is 540. The number of thiazole rings is 1. The van der Waals surface area contributed by atoms with Gasteiger partial charge in [0.05, 0.1) is 17.3 Å². The first-order valence-electron chi connectivity index (χ1n) is 6.41. The Morgan fingerprint density at radius 3 is 2.47 bits per heavy atom. The molecule has 0 spiro atoms. The third-order valence-electron chi connectivity index (χ3n) is 2.97. The molecule has 0 saturated carbocycles. The van der Waals surface area contributed by atoms with E-state index in [1.165, 1.54) is 0 Å². The molecule has 0 aliphatic heterocycles. The van der Waals surface area contributed by atoms with Crippen LogP contribution in [-0.4, -0.2) is 10.1 Å². The molecule has 1 aromatic carbocycles. The number of hydrogen-bond donors (Lipinski definition) is 1. The summed E-state index contributed by atoms with van der Waals surface area (Å²) in [6.07, 6.45) is 0.966. The number of benzene rings is 1. The number of rotatable bonds is 5. The van der Waals surface area contributed by atoms with Crippen LogP contribution in [-0.2, 0) is 19.6 Å². The second-order valence-corrected chi connectivity index (χ2v) is 5.53. The van der Waals surface area contributed by atoms with Gasteiger partial charge in [-0.05, 0) is 37.0 Å². The molecule has 19 heavy (non-hydrogen) atoms. The average molecular weight is 277 g/mol. The summed E-state index contributed by atoms with van der Waals surface area (Å²) in [5, 5.41) is 12.4. The minimum atomic E-state index is 0.0634. The van der Waals surface area contributed by atoms with Crippen LogP contribution in [0.3, 0.4) is 0 Å². The van der Waals surface area contributed by atoms with Crippen molar-refractivity contribution < 1.29 is 9.84 Å². The van der Waals surface area contributed by atoms with Crippen molar-refractivity contribution in [3.8, 4) is 5.75 Å². The topological polar surface area (TPSA) is 42.4 Å². The van der Waals surface area contributed by atoms with Crippen molar-refractivity contribution in [1.82, 2.24) is 4.98 Å². The molecule has 0 unspecified atom stereocenters. The summed E-state index contributed by atoms with van der Waals surface area (Å²) in [6, 6.07) is 3.92. The van der Waals surface area contributed by atoms with Crippen LogP contribution >= 0.6 is 11.3 Å². The van der Waals surface area contributed by atoms with Gasteiger partial charge in [0, 0.05) is 5.38 Å². The van der Waals surface area contributed by atoms with Gasteiger partial charge in [0.1, 0.15) is 12.4 Å². The molecule has 0 amide bonds. The van der Waals surface area contributed by atoms with Crippen molar-refractivity contribution in [3.63, 3.8) is 0 Å². The highest BCUT2D eigenvalue weighted by Gasteiger charge is 2.08. The lowest BCUT2D eigenvalue weighted by Gasteiger charge is -2.12. The first-order chi connectivity index (χ1) is 9.13. The van der Waals surface area contributed by atoms with Crippen LogP contribution in [0.2, 0.25) is 0 Å². The second kappa shape index (κ2) is 6.17. The van der Waals surface area contributed by atoms with Crippen molar-refractivity contribution in [2.45, 2.75) is 40.4 Å². The zero-order chi connectivity index (χ0) is 13.8. The Labute approximate surface area is 117 Å². The Morgan fingerprint density at radius 1 is 1.26 bits per heavy atom. The maximum absolute atomic E-state index is 9.17. The predicted octanol–water partition coefficient (Wildman–Crippen LogP) is 3.39. The fourth-order valence-corrected chi connectivity index (χ4v) is 2.81. The standard InChI is InChI=1S/C15H19NO2S/c1-4-14-16-13(9-19-14)8-18-15-10(2)5-12(7-17)6-11(15)3/h5-6,9,17H,4,7-8H2,1-3H3. The monoisotopic (exact) mass is 277 g/mol. The van der Waals surface area contributed by atoms with Crippen LogP contribution in [0.5, 0.6) is 5.75 Å². The van der Waals surface area contributed by atoms with Gasteiger partial charge in [0.2, 0.25) is 0 Å². The van der Waals surface area contributed by atoms with E-state index in [4.69, 9.17) is 9.84 Å². The first-order valence-corrected chi connectivity index (χ1v) is 7.29. The van der Waals surface area contributed by atoms with Crippen molar-refractivity contribution in [3.05, 3.63) is 44.9 Å². The first kappa shape index (κ1) is 14.0. The summed E-state index contributed by atoms with van der Waals surface area (Å²) in [5.74, 6) is 0.892. The highest BCUT2D eigenvalue weighted by atomic mass is 32.1. The Hall–Kier alpha value is -1.39. The predicted molar refractivity (Wildman–Crippen MR) is 77.7 cm³/mol. The van der Waals surface area contributed by atoms with E-state index in [2.05, 4.69) is 11.9 Å². The van der Waals surface area contributed by atoms with Crippen molar-refractivity contribution in [1.29, 1.82) is 0 Å². The highest BCUT2D eigenvalue weighted by molar-refractivity contribution is 7.09. The molecule has 0 aliphatic carbocycles. The zero-order valence-electron chi connectivity index (χ0n) is 11.6. The van der Waals surface area contributed by atoms with E-state index in [-0.39, 0.29) is 6.61 Å². The third kappa shape index (κ3) is 3.33. The lowest BCUT2D eigenvalue weighted by Crippen LogP contribution is -2.00. The number of aliphatic hydroxyl groups excluding tert-OH is 1. The van der Waals surface area contributed by atoms with Crippen LogP contribution in [0.1, 0.15) is 34.3 Å². The van der Waals surface area contributed by atoms with Gasteiger partial charge in [0.15, 0.2) is 0 Å². The molecule has 1 N–H and O–H groups in total. The number of aliphatic hydroxyl groups is 1. The Kier molecular flexibility index (Phi) is 4.56. The lowest BCUT2D eigenvalue weighted by atomic mass is 10.1. The summed E-state index contributed by atoms with van der Waals surface area (Å²) < 4.78 is 5.87. The Balaban J connectivity index is 2.11. The summed E-state index contributed by atoms with van der Waals surface area (Å²) >= 11 is 1.67. The molecular weight excluding hydrogens is 258 g/mol. The fourth-order valence-electron chi connectivity index (χ4n) is 2.08. The quantitative estimate of drug-likeness (QED) is 0.911. The molecule has 1 heterocycles. The van der Waals surface area contributed by atoms with Gasteiger partial charge < -0.3 is 9.84 Å². The van der Waals surface area contributed by atoms with E-state index in [9.17, 15) is 0 Å². The summed E-state index contributed by atoms with van der Waals surface area (Å²) in [7, 11) is 0. The molecule has 102 valence electrons. The molecule has 2 rings (SSSR count). The van der Waals surface area contributed by atoms with Crippen LogP contribution < -0.4 is 4.74 Å². The van der Waals surface area contributed by atoms with Gasteiger partial charge in [-0.25, -0.2) is 4.98 Å². The molecule has 0 saturated heterocycles. The van der Waals surface area contributed by atoms with E-state index in [0.717, 1.165) is 39.6 Å². The van der Waals surface area contributed by atoms with E-state index in [1.54, 1.807) is 11.3 Å². The molecule has 1 aromatic heterocycles. The van der Waals surface area contributed by atoms with Gasteiger partial charge in [-0.1, -0.05) is 19.1 Å². The number of aromatic nitrogens is 1. The van der Waals surface area contributed by atoms with Gasteiger partial charge >= 0.3 is 0 Å². The minimum absolute atomic E-state index is 0.0634. The molecule has 0 bridgehead atoms. The van der Waals surface area contributed by atoms with Crippen LogP contribution in [0.4, 0.5) is 0 Å². The number of aryl methyl sites for hydroxylation is 3. The van der Waals surface area contributed by atoms with Crippen molar-refractivity contribution in [2.75, 3.05) is 0 Å². The van der Waals surface area contributed by atoms with E-state index < -0.39 is 0 Å². The molecule has 0 atom stereocenters. The van der Waals surface area contributed by atoms with Gasteiger partial charge in [-0.15, -0.1) is 11.3 Å². The summed E-state index contributed by atoms with van der Waals surface area (Å²) in [5.41, 5.74) is 4.00. The van der Waals surface area contributed by atoms with Gasteiger partial charge in [0.25, 0.3) is 0 Å². The SMILES string of the molecule is CCc1nc(COc2c(C)cc(CO)cc2C)cs1. The molecule has 2 aromatic rings. The molecule has 0 aliphatic rings. The van der Waals surface area contributed by atoms with E-state index in [1.807, 2.05) is 31.4 Å². The van der Waals surface area contributed by atoms with E-state index in [0.29, 0.717) is 6.61 Å². The van der Waals surface area contributed by atoms with Gasteiger partial charge in [-0.3, -0.25) is 0 Å². The molecule has 4 heteroatoms. The molecule has 0 fully saturated rings. The van der Waals surface area contributed by atoms with Crippen molar-refractivity contribution >= 4 is 11.3 Å².